The minimum atomic E-state index is -3.68. The van der Waals surface area contributed by atoms with Crippen molar-refractivity contribution >= 4 is 26.7 Å². The lowest BCUT2D eigenvalue weighted by Gasteiger charge is -2.23. The molecule has 0 bridgehead atoms. The number of hydrogen-bond donors (Lipinski definition) is 2. The van der Waals surface area contributed by atoms with Crippen LogP contribution in [0.4, 0.5) is 5.82 Å². The predicted octanol–water partition coefficient (Wildman–Crippen LogP) is 2.42. The van der Waals surface area contributed by atoms with Crippen LogP contribution in [0.25, 0.3) is 10.9 Å². The van der Waals surface area contributed by atoms with Gasteiger partial charge >= 0.3 is 0 Å². The first-order chi connectivity index (χ1) is 13.6. The molecule has 1 aliphatic heterocycles. The van der Waals surface area contributed by atoms with Crippen molar-refractivity contribution in [3.8, 4) is 0 Å². The summed E-state index contributed by atoms with van der Waals surface area (Å²) in [6.45, 7) is 2.00. The number of nitrogens with two attached hydrogens (primary N) is 1. The minimum Gasteiger partial charge on any atom is -0.352 e. The second-order valence-corrected chi connectivity index (χ2v) is 8.71. The average molecular weight is 397 g/mol. The predicted molar refractivity (Wildman–Crippen MR) is 112 cm³/mol. The van der Waals surface area contributed by atoms with E-state index in [1.54, 1.807) is 12.1 Å². The van der Waals surface area contributed by atoms with E-state index in [1.807, 2.05) is 24.3 Å². The van der Waals surface area contributed by atoms with Gasteiger partial charge in [-0.1, -0.05) is 42.5 Å². The van der Waals surface area contributed by atoms with Crippen molar-refractivity contribution in [3.63, 3.8) is 0 Å². The second-order valence-electron chi connectivity index (χ2n) is 6.98. The molecule has 2 heterocycles. The number of pyridine rings is 1. The molecule has 0 radical (unpaired) electrons. The number of aryl methyl sites for hydroxylation is 1. The number of nitrogens with one attached hydrogen (secondary N) is 1. The maximum absolute atomic E-state index is 12.9. The van der Waals surface area contributed by atoms with Crippen LogP contribution in [-0.4, -0.2) is 33.0 Å². The Hall–Kier alpha value is -2.48. The van der Waals surface area contributed by atoms with Crippen molar-refractivity contribution in [2.75, 3.05) is 24.5 Å². The Labute approximate surface area is 165 Å². The van der Waals surface area contributed by atoms with E-state index in [2.05, 4.69) is 27.8 Å². The lowest BCUT2D eigenvalue weighted by atomic mass is 10.0. The van der Waals surface area contributed by atoms with Gasteiger partial charge in [0, 0.05) is 37.6 Å². The molecular formula is C21H24N4O2S. The SMILES string of the molecule is NCCNS(=O)(=O)c1cc(N2CCCc3ccccc3C2)nc2ccccc12. The van der Waals surface area contributed by atoms with Crippen molar-refractivity contribution < 1.29 is 8.42 Å². The van der Waals surface area contributed by atoms with Crippen LogP contribution in [0.1, 0.15) is 17.5 Å². The maximum Gasteiger partial charge on any atom is 0.241 e. The van der Waals surface area contributed by atoms with E-state index < -0.39 is 10.0 Å². The fourth-order valence-electron chi connectivity index (χ4n) is 3.68. The molecule has 3 aromatic rings. The summed E-state index contributed by atoms with van der Waals surface area (Å²) in [4.78, 5) is 7.19. The second kappa shape index (κ2) is 7.87. The summed E-state index contributed by atoms with van der Waals surface area (Å²) < 4.78 is 28.4. The topological polar surface area (TPSA) is 88.3 Å². The van der Waals surface area contributed by atoms with E-state index in [-0.39, 0.29) is 18.0 Å². The fraction of sp³-hybridized carbons (Fsp3) is 0.286. The number of rotatable bonds is 5. The number of anilines is 1. The van der Waals surface area contributed by atoms with Crippen molar-refractivity contribution in [3.05, 3.63) is 65.7 Å². The summed E-state index contributed by atoms with van der Waals surface area (Å²) in [7, 11) is -3.68. The van der Waals surface area contributed by atoms with Crippen LogP contribution < -0.4 is 15.4 Å². The Morgan fingerprint density at radius 3 is 2.64 bits per heavy atom. The molecule has 0 fully saturated rings. The van der Waals surface area contributed by atoms with Gasteiger partial charge in [-0.15, -0.1) is 0 Å². The summed E-state index contributed by atoms with van der Waals surface area (Å²) in [5.74, 6) is 0.684. The van der Waals surface area contributed by atoms with Gasteiger partial charge in [-0.25, -0.2) is 18.1 Å². The van der Waals surface area contributed by atoms with Crippen LogP contribution >= 0.6 is 0 Å². The van der Waals surface area contributed by atoms with Gasteiger partial charge in [-0.05, 0) is 30.0 Å². The van der Waals surface area contributed by atoms with Crippen LogP contribution in [0.15, 0.2) is 59.5 Å². The highest BCUT2D eigenvalue weighted by atomic mass is 32.2. The Morgan fingerprint density at radius 2 is 1.82 bits per heavy atom. The monoisotopic (exact) mass is 396 g/mol. The van der Waals surface area contributed by atoms with Gasteiger partial charge < -0.3 is 10.6 Å². The molecule has 0 saturated carbocycles. The third kappa shape index (κ3) is 3.73. The van der Waals surface area contributed by atoms with Crippen molar-refractivity contribution in [2.45, 2.75) is 24.3 Å². The Morgan fingerprint density at radius 1 is 1.07 bits per heavy atom. The highest BCUT2D eigenvalue weighted by molar-refractivity contribution is 7.89. The van der Waals surface area contributed by atoms with Gasteiger partial charge in [0.05, 0.1) is 10.4 Å². The van der Waals surface area contributed by atoms with Gasteiger partial charge in [0.2, 0.25) is 10.0 Å². The normalized spacial score (nSPS) is 14.7. The number of para-hydroxylation sites is 1. The molecule has 1 aromatic heterocycles. The molecule has 7 heteroatoms. The van der Waals surface area contributed by atoms with Gasteiger partial charge in [0.15, 0.2) is 0 Å². The van der Waals surface area contributed by atoms with Crippen molar-refractivity contribution in [1.29, 1.82) is 0 Å². The number of sulfonamides is 1. The Balaban J connectivity index is 1.80. The zero-order chi connectivity index (χ0) is 19.6. The first-order valence-electron chi connectivity index (χ1n) is 9.50. The summed E-state index contributed by atoms with van der Waals surface area (Å²) in [5.41, 5.74) is 8.77. The molecule has 1 aliphatic rings. The summed E-state index contributed by atoms with van der Waals surface area (Å²) in [6, 6.07) is 17.4. The largest absolute Gasteiger partial charge is 0.352 e. The molecule has 146 valence electrons. The smallest absolute Gasteiger partial charge is 0.241 e. The third-order valence-corrected chi connectivity index (χ3v) is 6.57. The molecule has 0 aliphatic carbocycles. The van der Waals surface area contributed by atoms with Gasteiger partial charge in [0.1, 0.15) is 5.82 Å². The summed E-state index contributed by atoms with van der Waals surface area (Å²) in [6.07, 6.45) is 2.02. The van der Waals surface area contributed by atoms with Crippen molar-refractivity contribution in [1.82, 2.24) is 9.71 Å². The molecule has 6 nitrogen and oxygen atoms in total. The number of aromatic nitrogens is 1. The van der Waals surface area contributed by atoms with E-state index in [0.29, 0.717) is 16.7 Å². The molecule has 0 spiro atoms. The Kier molecular flexibility index (Phi) is 5.30. The number of benzene rings is 2. The zero-order valence-electron chi connectivity index (χ0n) is 15.6. The van der Waals surface area contributed by atoms with Crippen LogP contribution in [-0.2, 0) is 23.0 Å². The van der Waals surface area contributed by atoms with E-state index in [4.69, 9.17) is 10.7 Å². The lowest BCUT2D eigenvalue weighted by Crippen LogP contribution is -2.30. The number of fused-ring (bicyclic) bond motifs is 2. The molecule has 0 atom stereocenters. The molecular weight excluding hydrogens is 372 g/mol. The average Bonchev–Trinajstić information content (AvgIpc) is 2.94. The first kappa shape index (κ1) is 18.9. The summed E-state index contributed by atoms with van der Waals surface area (Å²) >= 11 is 0. The van der Waals surface area contributed by atoms with Gasteiger partial charge in [0.25, 0.3) is 0 Å². The summed E-state index contributed by atoms with van der Waals surface area (Å²) in [5, 5.41) is 0.617. The van der Waals surface area contributed by atoms with E-state index in [0.717, 1.165) is 25.9 Å². The van der Waals surface area contributed by atoms with Crippen LogP contribution in [0, 0.1) is 0 Å². The molecule has 28 heavy (non-hydrogen) atoms. The van der Waals surface area contributed by atoms with E-state index >= 15 is 0 Å². The molecule has 0 amide bonds. The highest BCUT2D eigenvalue weighted by Crippen LogP contribution is 2.29. The van der Waals surface area contributed by atoms with Crippen LogP contribution in [0.5, 0.6) is 0 Å². The first-order valence-corrected chi connectivity index (χ1v) is 11.0. The highest BCUT2D eigenvalue weighted by Gasteiger charge is 2.22. The number of hydrogen-bond acceptors (Lipinski definition) is 5. The third-order valence-electron chi connectivity index (χ3n) is 5.07. The number of nitrogens with zero attached hydrogens (tertiary/aromatic N) is 2. The molecule has 0 saturated heterocycles. The van der Waals surface area contributed by atoms with E-state index in [1.165, 1.54) is 11.1 Å². The van der Waals surface area contributed by atoms with Crippen LogP contribution in [0.3, 0.4) is 0 Å². The standard InChI is InChI=1S/C21H24N4O2S/c22-11-12-23-28(26,27)20-14-21(24-19-10-4-3-9-18(19)20)25-13-5-8-16-6-1-2-7-17(16)15-25/h1-4,6-7,9-10,14,23H,5,8,11-13,15,22H2. The maximum atomic E-state index is 12.9. The fourth-order valence-corrected chi connectivity index (χ4v) is 4.95. The lowest BCUT2D eigenvalue weighted by molar-refractivity contribution is 0.583. The molecule has 0 unspecified atom stereocenters. The molecule has 3 N–H and O–H groups in total. The van der Waals surface area contributed by atoms with Gasteiger partial charge in [-0.2, -0.15) is 0 Å². The molecule has 2 aromatic carbocycles. The minimum absolute atomic E-state index is 0.200. The zero-order valence-corrected chi connectivity index (χ0v) is 16.5. The van der Waals surface area contributed by atoms with E-state index in [9.17, 15) is 8.42 Å². The van der Waals surface area contributed by atoms with Gasteiger partial charge in [-0.3, -0.25) is 0 Å². The van der Waals surface area contributed by atoms with Crippen LogP contribution in [0.2, 0.25) is 0 Å². The Bertz CT molecular complexity index is 1100. The van der Waals surface area contributed by atoms with Crippen molar-refractivity contribution in [2.24, 2.45) is 5.73 Å². The quantitative estimate of drug-likeness (QED) is 0.691. The molecule has 4 rings (SSSR count).